The van der Waals surface area contributed by atoms with E-state index in [0.29, 0.717) is 6.42 Å². The van der Waals surface area contributed by atoms with Crippen LogP contribution in [0.25, 0.3) is 0 Å². The molecule has 55 heavy (non-hydrogen) atoms. The van der Waals surface area contributed by atoms with Crippen molar-refractivity contribution in [2.24, 2.45) is 5.73 Å². The van der Waals surface area contributed by atoms with Crippen LogP contribution >= 0.6 is 0 Å². The third-order valence-electron chi connectivity index (χ3n) is 9.76. The van der Waals surface area contributed by atoms with Crippen LogP contribution in [0, 0.1) is 0 Å². The number of nitrogens with two attached hydrogens (primary N) is 1. The average Bonchev–Trinajstić information content (AvgIpc) is 3.13. The summed E-state index contributed by atoms with van der Waals surface area (Å²) in [5.74, 6) is -6.56. The highest BCUT2D eigenvalue weighted by Crippen LogP contribution is 2.15. The summed E-state index contributed by atoms with van der Waals surface area (Å²) in [5.41, 5.74) is 5.50. The highest BCUT2D eigenvalue weighted by atomic mass is 16.4. The van der Waals surface area contributed by atoms with E-state index in [9.17, 15) is 38.7 Å². The van der Waals surface area contributed by atoms with Gasteiger partial charge >= 0.3 is 17.9 Å². The van der Waals surface area contributed by atoms with Gasteiger partial charge in [-0.1, -0.05) is 122 Å². The molecule has 15 nitrogen and oxygen atoms in total. The summed E-state index contributed by atoms with van der Waals surface area (Å²) in [6.45, 7) is 4.92. The molecule has 0 aliphatic carbocycles. The molecule has 0 bridgehead atoms. The Morgan fingerprint density at radius 1 is 0.436 bits per heavy atom. The van der Waals surface area contributed by atoms with Crippen LogP contribution in [0.1, 0.15) is 181 Å². The summed E-state index contributed by atoms with van der Waals surface area (Å²) in [4.78, 5) is 84.5. The van der Waals surface area contributed by atoms with E-state index in [0.717, 1.165) is 19.3 Å². The summed E-state index contributed by atoms with van der Waals surface area (Å²) in [6.07, 6.45) is 23.4. The van der Waals surface area contributed by atoms with Crippen molar-refractivity contribution < 1.29 is 48.9 Å². The second-order valence-electron chi connectivity index (χ2n) is 14.9. The number of amides is 4. The van der Waals surface area contributed by atoms with Crippen molar-refractivity contribution in [3.63, 3.8) is 0 Å². The monoisotopic (exact) mass is 784 g/mol. The van der Waals surface area contributed by atoms with E-state index in [-0.39, 0.29) is 38.0 Å². The van der Waals surface area contributed by atoms with Crippen LogP contribution in [0.15, 0.2) is 0 Å². The van der Waals surface area contributed by atoms with E-state index in [1.165, 1.54) is 110 Å². The minimum absolute atomic E-state index is 0.00903. The Labute approximate surface area is 328 Å². The molecule has 9 N–H and O–H groups in total. The number of carbonyl (C=O) groups is 7. The molecule has 0 heterocycles. The number of hydrogen-bond donors (Lipinski definition) is 8. The maximum atomic E-state index is 12.7. The van der Waals surface area contributed by atoms with Gasteiger partial charge in [-0.15, -0.1) is 0 Å². The maximum absolute atomic E-state index is 12.7. The molecule has 4 amide bonds. The van der Waals surface area contributed by atoms with Gasteiger partial charge in [0.05, 0.1) is 0 Å². The molecule has 0 aromatic heterocycles. The standard InChI is InChI=1S/C40H73N5O10/c1-4-5-6-7-8-9-10-11-12-13-14-15-16-17-18-19-20-21-22-26-34(46)42-29(2)36(48)45-33(40(54)55)27-28-35(47)44-32(25-23-24-31(41)39(52)53)37(49)43-30(3)38(50)51/h29-33H,4-28,41H2,1-3H3,(H,42,46)(H,43,49)(H,44,47)(H,45,48)(H,50,51)(H,52,53)(H,54,55). The molecule has 0 saturated carbocycles. The second-order valence-corrected chi connectivity index (χ2v) is 14.9. The molecule has 0 aromatic rings. The third-order valence-corrected chi connectivity index (χ3v) is 9.76. The molecule has 0 radical (unpaired) electrons. The van der Waals surface area contributed by atoms with E-state index in [1.807, 2.05) is 0 Å². The highest BCUT2D eigenvalue weighted by molar-refractivity contribution is 5.91. The van der Waals surface area contributed by atoms with Crippen LogP contribution in [0.5, 0.6) is 0 Å². The predicted molar refractivity (Wildman–Crippen MR) is 211 cm³/mol. The molecule has 0 aliphatic heterocycles. The van der Waals surface area contributed by atoms with Gasteiger partial charge in [-0.2, -0.15) is 0 Å². The number of carboxylic acids is 3. The molecule has 0 spiro atoms. The Morgan fingerprint density at radius 2 is 0.891 bits per heavy atom. The Hall–Kier alpha value is -3.75. The van der Waals surface area contributed by atoms with Crippen molar-refractivity contribution in [2.75, 3.05) is 0 Å². The fourth-order valence-electron chi connectivity index (χ4n) is 6.15. The van der Waals surface area contributed by atoms with Gasteiger partial charge in [0, 0.05) is 12.8 Å². The molecular formula is C40H73N5O10. The van der Waals surface area contributed by atoms with Crippen molar-refractivity contribution in [1.29, 1.82) is 0 Å². The molecule has 5 atom stereocenters. The summed E-state index contributed by atoms with van der Waals surface area (Å²) in [7, 11) is 0. The van der Waals surface area contributed by atoms with Gasteiger partial charge in [-0.25, -0.2) is 4.79 Å². The predicted octanol–water partition coefficient (Wildman–Crippen LogP) is 5.32. The van der Waals surface area contributed by atoms with Gasteiger partial charge in [0.1, 0.15) is 30.2 Å². The third kappa shape index (κ3) is 28.3. The smallest absolute Gasteiger partial charge is 0.326 e. The lowest BCUT2D eigenvalue weighted by molar-refractivity contribution is -0.142. The highest BCUT2D eigenvalue weighted by Gasteiger charge is 2.27. The second kappa shape index (κ2) is 32.5. The van der Waals surface area contributed by atoms with Crippen molar-refractivity contribution in [1.82, 2.24) is 21.3 Å². The van der Waals surface area contributed by atoms with Crippen LogP contribution in [0.4, 0.5) is 0 Å². The van der Waals surface area contributed by atoms with Gasteiger partial charge in [-0.3, -0.25) is 28.8 Å². The zero-order valence-electron chi connectivity index (χ0n) is 33.8. The first kappa shape index (κ1) is 51.2. The van der Waals surface area contributed by atoms with E-state index in [1.54, 1.807) is 0 Å². The molecule has 0 fully saturated rings. The molecular weight excluding hydrogens is 710 g/mol. The minimum Gasteiger partial charge on any atom is -0.480 e. The average molecular weight is 784 g/mol. The maximum Gasteiger partial charge on any atom is 0.326 e. The molecule has 5 unspecified atom stereocenters. The first-order valence-corrected chi connectivity index (χ1v) is 20.8. The largest absolute Gasteiger partial charge is 0.480 e. The zero-order chi connectivity index (χ0) is 41.4. The van der Waals surface area contributed by atoms with Gasteiger partial charge in [0.15, 0.2) is 0 Å². The van der Waals surface area contributed by atoms with E-state index in [2.05, 4.69) is 28.2 Å². The quantitative estimate of drug-likeness (QED) is 0.0378. The molecule has 0 rings (SSSR count). The summed E-state index contributed by atoms with van der Waals surface area (Å²) < 4.78 is 0. The van der Waals surface area contributed by atoms with Crippen molar-refractivity contribution in [2.45, 2.75) is 212 Å². The lowest BCUT2D eigenvalue weighted by atomic mass is 10.0. The first-order valence-electron chi connectivity index (χ1n) is 20.8. The lowest BCUT2D eigenvalue weighted by Crippen LogP contribution is -2.52. The van der Waals surface area contributed by atoms with Gasteiger partial charge in [-0.05, 0) is 46.0 Å². The Bertz CT molecular complexity index is 1140. The van der Waals surface area contributed by atoms with Crippen LogP contribution in [-0.2, 0) is 33.6 Å². The number of hydrogen-bond acceptors (Lipinski definition) is 8. The van der Waals surface area contributed by atoms with E-state index < -0.39 is 72.3 Å². The minimum atomic E-state index is -1.47. The van der Waals surface area contributed by atoms with Crippen LogP contribution in [0.3, 0.4) is 0 Å². The van der Waals surface area contributed by atoms with Gasteiger partial charge in [0.25, 0.3) is 0 Å². The molecule has 318 valence electrons. The van der Waals surface area contributed by atoms with Crippen LogP contribution < -0.4 is 27.0 Å². The summed E-state index contributed by atoms with van der Waals surface area (Å²) in [6, 6.07) is -6.17. The Kier molecular flexibility index (Phi) is 30.3. The molecule has 15 heteroatoms. The Morgan fingerprint density at radius 3 is 1.33 bits per heavy atom. The molecule has 0 aromatic carbocycles. The molecule has 0 saturated heterocycles. The first-order chi connectivity index (χ1) is 26.2. The SMILES string of the molecule is CCCCCCCCCCCCCCCCCCCCCC(=O)NC(C)C(=O)NC(CCC(=O)NC(CCCC(N)C(=O)O)C(=O)NC(C)C(=O)O)C(=O)O. The lowest BCUT2D eigenvalue weighted by Gasteiger charge is -2.21. The van der Waals surface area contributed by atoms with Crippen LogP contribution in [0.2, 0.25) is 0 Å². The molecule has 0 aliphatic rings. The topological polar surface area (TPSA) is 254 Å². The van der Waals surface area contributed by atoms with Crippen LogP contribution in [-0.4, -0.2) is 87.1 Å². The Balaban J connectivity index is 4.35. The van der Waals surface area contributed by atoms with E-state index in [4.69, 9.17) is 15.9 Å². The number of carboxylic acid groups (broad SMARTS) is 3. The van der Waals surface area contributed by atoms with Gasteiger partial charge < -0.3 is 42.3 Å². The number of rotatable bonds is 36. The number of carbonyl (C=O) groups excluding carboxylic acids is 4. The van der Waals surface area contributed by atoms with E-state index >= 15 is 0 Å². The fraction of sp³-hybridized carbons (Fsp3) is 0.825. The van der Waals surface area contributed by atoms with Crippen molar-refractivity contribution >= 4 is 41.5 Å². The summed E-state index contributed by atoms with van der Waals surface area (Å²) >= 11 is 0. The number of nitrogens with one attached hydrogen (secondary N) is 4. The fourth-order valence-corrected chi connectivity index (χ4v) is 6.15. The summed E-state index contributed by atoms with van der Waals surface area (Å²) in [5, 5.41) is 37.3. The zero-order valence-corrected chi connectivity index (χ0v) is 33.8. The number of aliphatic carboxylic acids is 3. The van der Waals surface area contributed by atoms with Gasteiger partial charge in [0.2, 0.25) is 23.6 Å². The van der Waals surface area contributed by atoms with Crippen molar-refractivity contribution in [3.05, 3.63) is 0 Å². The number of unbranched alkanes of at least 4 members (excludes halogenated alkanes) is 18. The normalized spacial score (nSPS) is 13.8. The van der Waals surface area contributed by atoms with Crippen molar-refractivity contribution in [3.8, 4) is 0 Å².